The number of hydrogen-bond acceptors (Lipinski definition) is 3. The molecule has 2 aliphatic rings. The lowest BCUT2D eigenvalue weighted by atomic mass is 10.2. The third kappa shape index (κ3) is 0.775. The molecule has 2 bridgehead atoms. The largest absolute Gasteiger partial charge is 0.312 e. The molecule has 0 aromatic heterocycles. The Morgan fingerprint density at radius 2 is 2.44 bits per heavy atom. The van der Waals surface area contributed by atoms with E-state index in [4.69, 9.17) is 5.21 Å². The Balaban J connectivity index is 2.18. The summed E-state index contributed by atoms with van der Waals surface area (Å²) in [6.07, 6.45) is 4.16. The second-order valence-electron chi connectivity index (χ2n) is 2.61. The third-order valence-corrected chi connectivity index (χ3v) is 1.89. The fraction of sp³-hybridized carbons (Fsp3) is 0.667. The minimum absolute atomic E-state index is 0.263. The highest BCUT2D eigenvalue weighted by molar-refractivity contribution is 5.03. The van der Waals surface area contributed by atoms with Crippen LogP contribution in [0, 0.1) is 0 Å². The summed E-state index contributed by atoms with van der Waals surface area (Å²) in [5, 5.41) is 10.5. The summed E-state index contributed by atoms with van der Waals surface area (Å²) in [5.41, 5.74) is 0. The summed E-state index contributed by atoms with van der Waals surface area (Å²) in [4.78, 5) is 2.20. The minimum atomic E-state index is 0.263. The van der Waals surface area contributed by atoms with E-state index in [2.05, 4.69) is 17.1 Å². The van der Waals surface area contributed by atoms with E-state index in [0.717, 1.165) is 13.1 Å². The molecule has 3 nitrogen and oxygen atoms in total. The van der Waals surface area contributed by atoms with E-state index in [-0.39, 0.29) is 6.04 Å². The molecule has 0 aromatic carbocycles. The van der Waals surface area contributed by atoms with E-state index in [1.165, 1.54) is 5.06 Å². The molecule has 1 saturated heterocycles. The van der Waals surface area contributed by atoms with E-state index in [1.54, 1.807) is 0 Å². The highest BCUT2D eigenvalue weighted by atomic mass is 16.5. The molecule has 1 fully saturated rings. The average molecular weight is 126 g/mol. The molecule has 0 amide bonds. The van der Waals surface area contributed by atoms with Crippen LogP contribution in [0.2, 0.25) is 0 Å². The van der Waals surface area contributed by atoms with Crippen molar-refractivity contribution in [3.8, 4) is 0 Å². The van der Waals surface area contributed by atoms with Gasteiger partial charge in [0.05, 0.1) is 12.7 Å². The summed E-state index contributed by atoms with van der Waals surface area (Å²) in [6, 6.07) is 0.263. The number of fused-ring (bicyclic) bond motifs is 2. The first kappa shape index (κ1) is 5.41. The molecule has 0 saturated carbocycles. The molecular weight excluding hydrogens is 116 g/mol. The van der Waals surface area contributed by atoms with Crippen molar-refractivity contribution in [2.24, 2.45) is 0 Å². The number of hydrogen-bond donors (Lipinski definition) is 1. The zero-order chi connectivity index (χ0) is 6.27. The molecule has 2 atom stereocenters. The second kappa shape index (κ2) is 1.80. The van der Waals surface area contributed by atoms with Gasteiger partial charge in [-0.25, -0.2) is 0 Å². The highest BCUT2D eigenvalue weighted by Crippen LogP contribution is 2.15. The number of nitrogens with zero attached hydrogens (tertiary/aromatic N) is 2. The van der Waals surface area contributed by atoms with Crippen LogP contribution in [0.1, 0.15) is 0 Å². The van der Waals surface area contributed by atoms with Gasteiger partial charge in [-0.3, -0.25) is 4.90 Å². The first-order valence-electron chi connectivity index (χ1n) is 3.21. The Kier molecular flexibility index (Phi) is 1.08. The SMILES string of the molecule is ON1CN2CC=CC1C2. The first-order valence-corrected chi connectivity index (χ1v) is 3.21. The van der Waals surface area contributed by atoms with Crippen LogP contribution in [-0.2, 0) is 0 Å². The van der Waals surface area contributed by atoms with Crippen LogP contribution in [-0.4, -0.2) is 41.0 Å². The molecule has 0 radical (unpaired) electrons. The number of rotatable bonds is 0. The molecule has 9 heavy (non-hydrogen) atoms. The van der Waals surface area contributed by atoms with Gasteiger partial charge in [0.25, 0.3) is 0 Å². The Hall–Kier alpha value is -0.380. The van der Waals surface area contributed by atoms with Gasteiger partial charge >= 0.3 is 0 Å². The van der Waals surface area contributed by atoms with Crippen molar-refractivity contribution >= 4 is 0 Å². The van der Waals surface area contributed by atoms with E-state index in [1.807, 2.05) is 0 Å². The first-order chi connectivity index (χ1) is 4.36. The van der Waals surface area contributed by atoms with E-state index in [0.29, 0.717) is 6.67 Å². The van der Waals surface area contributed by atoms with E-state index >= 15 is 0 Å². The van der Waals surface area contributed by atoms with Gasteiger partial charge in [-0.2, -0.15) is 5.06 Å². The predicted molar refractivity (Wildman–Crippen MR) is 33.0 cm³/mol. The van der Waals surface area contributed by atoms with Gasteiger partial charge in [-0.05, 0) is 0 Å². The van der Waals surface area contributed by atoms with Gasteiger partial charge in [-0.15, -0.1) is 0 Å². The van der Waals surface area contributed by atoms with Crippen LogP contribution in [0.3, 0.4) is 0 Å². The maximum absolute atomic E-state index is 9.14. The lowest BCUT2D eigenvalue weighted by molar-refractivity contribution is -0.0961. The average Bonchev–Trinajstić information content (AvgIpc) is 2.09. The molecule has 1 N–H and O–H groups in total. The minimum Gasteiger partial charge on any atom is -0.312 e. The lowest BCUT2D eigenvalue weighted by Gasteiger charge is -2.13. The molecule has 3 heteroatoms. The third-order valence-electron chi connectivity index (χ3n) is 1.89. The van der Waals surface area contributed by atoms with Crippen molar-refractivity contribution in [1.82, 2.24) is 9.96 Å². The number of hydroxylamine groups is 2. The van der Waals surface area contributed by atoms with Crippen LogP contribution in [0.5, 0.6) is 0 Å². The summed E-state index contributed by atoms with van der Waals surface area (Å²) < 4.78 is 0. The molecule has 0 spiro atoms. The van der Waals surface area contributed by atoms with Gasteiger partial charge < -0.3 is 5.21 Å². The van der Waals surface area contributed by atoms with Gasteiger partial charge in [0.1, 0.15) is 0 Å². The normalized spacial score (nSPS) is 41.9. The second-order valence-corrected chi connectivity index (χ2v) is 2.61. The molecule has 2 heterocycles. The smallest absolute Gasteiger partial charge is 0.0765 e. The van der Waals surface area contributed by atoms with Crippen LogP contribution in [0.15, 0.2) is 12.2 Å². The topological polar surface area (TPSA) is 26.7 Å². The Bertz CT molecular complexity index is 146. The Morgan fingerprint density at radius 3 is 3.11 bits per heavy atom. The summed E-state index contributed by atoms with van der Waals surface area (Å²) >= 11 is 0. The van der Waals surface area contributed by atoms with Crippen molar-refractivity contribution in [2.45, 2.75) is 6.04 Å². The molecule has 50 valence electrons. The summed E-state index contributed by atoms with van der Waals surface area (Å²) in [7, 11) is 0. The zero-order valence-electron chi connectivity index (χ0n) is 5.20. The van der Waals surface area contributed by atoms with Crippen molar-refractivity contribution in [1.29, 1.82) is 0 Å². The van der Waals surface area contributed by atoms with Crippen molar-refractivity contribution in [3.63, 3.8) is 0 Å². The van der Waals surface area contributed by atoms with E-state index in [9.17, 15) is 0 Å². The monoisotopic (exact) mass is 126 g/mol. The maximum atomic E-state index is 9.14. The summed E-state index contributed by atoms with van der Waals surface area (Å²) in [5.74, 6) is 0. The van der Waals surface area contributed by atoms with E-state index < -0.39 is 0 Å². The molecule has 2 rings (SSSR count). The van der Waals surface area contributed by atoms with Crippen LogP contribution in [0.25, 0.3) is 0 Å². The van der Waals surface area contributed by atoms with Crippen molar-refractivity contribution in [3.05, 3.63) is 12.2 Å². The standard InChI is InChI=1S/C6H10N2O/c9-8-5-7-3-1-2-6(8)4-7/h1-2,6,9H,3-5H2. The molecule has 0 aromatic rings. The maximum Gasteiger partial charge on any atom is 0.0765 e. The van der Waals surface area contributed by atoms with Crippen LogP contribution in [0.4, 0.5) is 0 Å². The molecule has 2 aliphatic heterocycles. The molecular formula is C6H10N2O. The van der Waals surface area contributed by atoms with Gasteiger partial charge in [0, 0.05) is 13.1 Å². The van der Waals surface area contributed by atoms with Crippen LogP contribution < -0.4 is 0 Å². The Labute approximate surface area is 54.1 Å². The fourth-order valence-corrected chi connectivity index (χ4v) is 1.39. The lowest BCUT2D eigenvalue weighted by Crippen LogP contribution is -2.25. The zero-order valence-corrected chi connectivity index (χ0v) is 5.20. The Morgan fingerprint density at radius 1 is 1.56 bits per heavy atom. The van der Waals surface area contributed by atoms with Gasteiger partial charge in [0.15, 0.2) is 0 Å². The summed E-state index contributed by atoms with van der Waals surface area (Å²) in [6.45, 7) is 2.69. The van der Waals surface area contributed by atoms with Crippen molar-refractivity contribution in [2.75, 3.05) is 19.8 Å². The fourth-order valence-electron chi connectivity index (χ4n) is 1.39. The van der Waals surface area contributed by atoms with Gasteiger partial charge in [0.2, 0.25) is 0 Å². The predicted octanol–water partition coefficient (Wildman–Crippen LogP) is -0.111. The highest BCUT2D eigenvalue weighted by Gasteiger charge is 2.28. The quantitative estimate of drug-likeness (QED) is 0.459. The molecule has 2 unspecified atom stereocenters. The molecule has 0 aliphatic carbocycles. The van der Waals surface area contributed by atoms with Gasteiger partial charge in [-0.1, -0.05) is 12.2 Å². The van der Waals surface area contributed by atoms with Crippen molar-refractivity contribution < 1.29 is 5.21 Å². The van der Waals surface area contributed by atoms with Crippen LogP contribution >= 0.6 is 0 Å².